The van der Waals surface area contributed by atoms with Gasteiger partial charge < -0.3 is 30.6 Å². The van der Waals surface area contributed by atoms with Crippen molar-refractivity contribution in [2.75, 3.05) is 27.2 Å². The Hall–Kier alpha value is -2.25. The minimum absolute atomic E-state index is 0.0756. The lowest BCUT2D eigenvalue weighted by atomic mass is 9.78. The number of β-lactam (4-membered cyclic amide) rings is 1. The summed E-state index contributed by atoms with van der Waals surface area (Å²) in [5.41, 5.74) is -0.139. The molecule has 3 amide bonds. The van der Waals surface area contributed by atoms with E-state index in [1.807, 2.05) is 0 Å². The van der Waals surface area contributed by atoms with E-state index in [1.165, 1.54) is 23.6 Å². The van der Waals surface area contributed by atoms with Crippen LogP contribution in [0.4, 0.5) is 8.78 Å². The predicted octanol–water partition coefficient (Wildman–Crippen LogP) is -0.556. The van der Waals surface area contributed by atoms with Crippen molar-refractivity contribution >= 4 is 35.5 Å². The zero-order chi connectivity index (χ0) is 24.8. The van der Waals surface area contributed by atoms with Crippen molar-refractivity contribution < 1.29 is 38.2 Å². The summed E-state index contributed by atoms with van der Waals surface area (Å²) in [6.07, 6.45) is 0.496. The summed E-state index contributed by atoms with van der Waals surface area (Å²) in [5.74, 6) is -8.86. The smallest absolute Gasteiger partial charge is 0.353 e. The Labute approximate surface area is 193 Å². The second-order valence-electron chi connectivity index (χ2n) is 8.83. The van der Waals surface area contributed by atoms with E-state index in [1.54, 1.807) is 21.0 Å². The molecule has 0 unspecified atom stereocenters. The summed E-state index contributed by atoms with van der Waals surface area (Å²) in [4.78, 5) is 51.9. The number of rotatable bonds is 8. The number of hydrogen-bond acceptors (Lipinski definition) is 7. The topological polar surface area (TPSA) is 139 Å². The molecule has 2 saturated heterocycles. The average molecular weight is 491 g/mol. The molecule has 184 valence electrons. The molecule has 0 saturated carbocycles. The second-order valence-corrected chi connectivity index (χ2v) is 10.2. The lowest BCUT2D eigenvalue weighted by Gasteiger charge is -2.47. The predicted molar refractivity (Wildman–Crippen MR) is 114 cm³/mol. The molecule has 4 N–H and O–H groups in total. The highest BCUT2D eigenvalue weighted by molar-refractivity contribution is 8.03. The SMILES string of the molecule is C[C@@H](NC(=O)C(F)(F)CO)[C@H]1C(=O)N2C(C(=O)O)=C(S[C@@H]3CN[C@H](C(=O)N(C)C)C3)[C@H](C)[C@H]12. The quantitative estimate of drug-likeness (QED) is 0.332. The van der Waals surface area contributed by atoms with Gasteiger partial charge in [0.25, 0.3) is 5.91 Å². The highest BCUT2D eigenvalue weighted by Crippen LogP contribution is 2.51. The minimum Gasteiger partial charge on any atom is -0.477 e. The molecule has 2 fully saturated rings. The molecule has 3 aliphatic heterocycles. The van der Waals surface area contributed by atoms with Gasteiger partial charge in [0.2, 0.25) is 11.8 Å². The van der Waals surface area contributed by atoms with Gasteiger partial charge in [0.1, 0.15) is 12.3 Å². The molecule has 0 bridgehead atoms. The van der Waals surface area contributed by atoms with Gasteiger partial charge in [0.15, 0.2) is 0 Å². The molecule has 3 aliphatic rings. The molecule has 3 heterocycles. The van der Waals surface area contributed by atoms with E-state index in [4.69, 9.17) is 5.11 Å². The highest BCUT2D eigenvalue weighted by atomic mass is 32.2. The number of nitrogens with zero attached hydrogens (tertiary/aromatic N) is 2. The van der Waals surface area contributed by atoms with Crippen LogP contribution in [0.2, 0.25) is 0 Å². The van der Waals surface area contributed by atoms with Crippen LogP contribution in [-0.2, 0) is 19.2 Å². The van der Waals surface area contributed by atoms with Gasteiger partial charge in [-0.25, -0.2) is 4.79 Å². The van der Waals surface area contributed by atoms with E-state index in [-0.39, 0.29) is 22.9 Å². The molecule has 0 aromatic rings. The van der Waals surface area contributed by atoms with Gasteiger partial charge >= 0.3 is 11.9 Å². The molecule has 10 nitrogen and oxygen atoms in total. The molecule has 13 heteroatoms. The fourth-order valence-corrected chi connectivity index (χ4v) is 6.12. The number of aliphatic carboxylic acids is 1. The van der Waals surface area contributed by atoms with Crippen LogP contribution >= 0.6 is 11.8 Å². The van der Waals surface area contributed by atoms with E-state index in [2.05, 4.69) is 10.6 Å². The lowest BCUT2D eigenvalue weighted by molar-refractivity contribution is -0.161. The van der Waals surface area contributed by atoms with Crippen molar-refractivity contribution in [2.24, 2.45) is 11.8 Å². The van der Waals surface area contributed by atoms with Gasteiger partial charge in [-0.1, -0.05) is 6.92 Å². The number of carbonyl (C=O) groups excluding carboxylic acids is 3. The summed E-state index contributed by atoms with van der Waals surface area (Å²) in [5, 5.41) is 23.6. The van der Waals surface area contributed by atoms with Crippen LogP contribution in [0, 0.1) is 11.8 Å². The number of aliphatic hydroxyl groups is 1. The number of likely N-dealkylation sites (N-methyl/N-ethyl adjacent to an activating group) is 1. The maximum Gasteiger partial charge on any atom is 0.353 e. The van der Waals surface area contributed by atoms with Gasteiger partial charge in [-0.15, -0.1) is 11.8 Å². The number of carbonyl (C=O) groups is 4. The third-order valence-corrected chi connectivity index (χ3v) is 7.85. The van der Waals surface area contributed by atoms with Gasteiger partial charge in [0, 0.05) is 42.8 Å². The monoisotopic (exact) mass is 490 g/mol. The maximum atomic E-state index is 13.4. The fraction of sp³-hybridized carbons (Fsp3) is 0.700. The number of halogens is 2. The van der Waals surface area contributed by atoms with Crippen LogP contribution in [0.15, 0.2) is 10.6 Å². The highest BCUT2D eigenvalue weighted by Gasteiger charge is 2.61. The van der Waals surface area contributed by atoms with Crippen LogP contribution < -0.4 is 10.6 Å². The van der Waals surface area contributed by atoms with Gasteiger partial charge in [-0.3, -0.25) is 14.4 Å². The normalized spacial score (nSPS) is 30.1. The first-order valence-corrected chi connectivity index (χ1v) is 11.4. The molecule has 0 aromatic carbocycles. The van der Waals surface area contributed by atoms with E-state index < -0.39 is 54.2 Å². The maximum absolute atomic E-state index is 13.4. The number of aliphatic hydroxyl groups excluding tert-OH is 1. The fourth-order valence-electron chi connectivity index (χ4n) is 4.64. The summed E-state index contributed by atoms with van der Waals surface area (Å²) in [7, 11) is 3.31. The number of alkyl halides is 2. The van der Waals surface area contributed by atoms with Crippen molar-refractivity contribution in [2.45, 2.75) is 49.6 Å². The number of amides is 3. The van der Waals surface area contributed by atoms with E-state index >= 15 is 0 Å². The van der Waals surface area contributed by atoms with E-state index in [9.17, 15) is 33.1 Å². The average Bonchev–Trinajstić information content (AvgIpc) is 3.29. The third kappa shape index (κ3) is 4.45. The Balaban J connectivity index is 1.75. The van der Waals surface area contributed by atoms with Crippen LogP contribution in [-0.4, -0.2) is 100 Å². The molecular weight excluding hydrogens is 462 g/mol. The van der Waals surface area contributed by atoms with Crippen molar-refractivity contribution in [3.63, 3.8) is 0 Å². The first kappa shape index (κ1) is 25.4. The van der Waals surface area contributed by atoms with Crippen LogP contribution in [0.1, 0.15) is 20.3 Å². The van der Waals surface area contributed by atoms with Gasteiger partial charge in [0.05, 0.1) is 18.0 Å². The van der Waals surface area contributed by atoms with Crippen molar-refractivity contribution in [3.05, 3.63) is 10.6 Å². The summed E-state index contributed by atoms with van der Waals surface area (Å²) >= 11 is 1.31. The van der Waals surface area contributed by atoms with Crippen LogP contribution in [0.3, 0.4) is 0 Å². The lowest BCUT2D eigenvalue weighted by Crippen LogP contribution is -2.66. The Morgan fingerprint density at radius 2 is 2.00 bits per heavy atom. The first-order chi connectivity index (χ1) is 15.3. The van der Waals surface area contributed by atoms with Crippen molar-refractivity contribution in [1.29, 1.82) is 0 Å². The molecule has 0 aliphatic carbocycles. The Morgan fingerprint density at radius 1 is 1.36 bits per heavy atom. The van der Waals surface area contributed by atoms with Crippen LogP contribution in [0.5, 0.6) is 0 Å². The van der Waals surface area contributed by atoms with Crippen molar-refractivity contribution in [3.8, 4) is 0 Å². The zero-order valence-corrected chi connectivity index (χ0v) is 19.5. The molecule has 0 radical (unpaired) electrons. The Kier molecular flexibility index (Phi) is 7.06. The molecule has 6 atom stereocenters. The molecular formula is C20H28F2N4O6S. The number of fused-ring (bicyclic) bond motifs is 1. The summed E-state index contributed by atoms with van der Waals surface area (Å²) in [6.45, 7) is 2.00. The number of hydrogen-bond donors (Lipinski definition) is 4. The minimum atomic E-state index is -3.98. The number of carboxylic acids is 1. The van der Waals surface area contributed by atoms with E-state index in [0.717, 1.165) is 4.90 Å². The Bertz CT molecular complexity index is 898. The largest absolute Gasteiger partial charge is 0.477 e. The van der Waals surface area contributed by atoms with Crippen LogP contribution in [0.25, 0.3) is 0 Å². The third-order valence-electron chi connectivity index (χ3n) is 6.34. The van der Waals surface area contributed by atoms with Crippen molar-refractivity contribution in [1.82, 2.24) is 20.4 Å². The first-order valence-electron chi connectivity index (χ1n) is 10.5. The standard InChI is InChI=1S/C20H28F2N4O6S/c1-8-13-12(9(2)24-19(32)20(21,22)7-27)17(29)26(13)14(18(30)31)15(8)33-10-5-11(23-6-10)16(28)25(3)4/h8-13,23,27H,5-7H2,1-4H3,(H,24,32)(H,30,31)/t8-,9-,10+,11+,12-,13-/m1/s1. The van der Waals surface area contributed by atoms with Gasteiger partial charge in [-0.05, 0) is 13.3 Å². The summed E-state index contributed by atoms with van der Waals surface area (Å²) < 4.78 is 26.9. The second kappa shape index (κ2) is 9.18. The van der Waals surface area contributed by atoms with Gasteiger partial charge in [-0.2, -0.15) is 8.78 Å². The number of nitrogens with one attached hydrogen (secondary N) is 2. The number of thioether (sulfide) groups is 1. The zero-order valence-electron chi connectivity index (χ0n) is 18.7. The molecule has 33 heavy (non-hydrogen) atoms. The van der Waals surface area contributed by atoms with E-state index in [0.29, 0.717) is 17.9 Å². The Morgan fingerprint density at radius 3 is 2.55 bits per heavy atom. The molecule has 3 rings (SSSR count). The summed E-state index contributed by atoms with van der Waals surface area (Å²) in [6, 6.07) is -1.96. The number of carboxylic acid groups (broad SMARTS) is 1. The molecule has 0 spiro atoms. The molecule has 0 aromatic heterocycles.